The van der Waals surface area contributed by atoms with Crippen LogP contribution in [0.25, 0.3) is 0 Å². The molecular formula is C16H26N2O3. The van der Waals surface area contributed by atoms with Crippen molar-refractivity contribution in [3.63, 3.8) is 0 Å². The molecule has 0 bridgehead atoms. The number of esters is 1. The van der Waals surface area contributed by atoms with Crippen LogP contribution in [0.5, 0.6) is 5.75 Å². The average Bonchev–Trinajstić information content (AvgIpc) is 2.44. The van der Waals surface area contributed by atoms with Gasteiger partial charge in [-0.05, 0) is 38.8 Å². The fourth-order valence-electron chi connectivity index (χ4n) is 1.88. The molecule has 1 atom stereocenters. The minimum Gasteiger partial charge on any atom is -0.494 e. The maximum Gasteiger partial charge on any atom is 0.325 e. The average molecular weight is 294 g/mol. The number of hydrogen-bond acceptors (Lipinski definition) is 5. The molecule has 1 rings (SSSR count). The number of benzene rings is 1. The molecule has 0 radical (unpaired) electrons. The van der Waals surface area contributed by atoms with Gasteiger partial charge in [0.05, 0.1) is 13.2 Å². The van der Waals surface area contributed by atoms with Crippen molar-refractivity contribution in [2.45, 2.75) is 32.2 Å². The molecule has 0 fully saturated rings. The van der Waals surface area contributed by atoms with Crippen molar-refractivity contribution >= 4 is 11.7 Å². The zero-order chi connectivity index (χ0) is 15.9. The summed E-state index contributed by atoms with van der Waals surface area (Å²) in [5, 5.41) is 0. The molecule has 0 heterocycles. The molecule has 1 aromatic rings. The van der Waals surface area contributed by atoms with Gasteiger partial charge in [-0.3, -0.25) is 4.79 Å². The first-order valence-electron chi connectivity index (χ1n) is 7.23. The summed E-state index contributed by atoms with van der Waals surface area (Å²) in [5.41, 5.74) is 6.09. The van der Waals surface area contributed by atoms with Crippen LogP contribution in [0, 0.1) is 0 Å². The Labute approximate surface area is 127 Å². The van der Waals surface area contributed by atoms with E-state index in [0.717, 1.165) is 11.4 Å². The first kappa shape index (κ1) is 17.3. The Morgan fingerprint density at radius 2 is 2.10 bits per heavy atom. The summed E-state index contributed by atoms with van der Waals surface area (Å²) < 4.78 is 10.7. The van der Waals surface area contributed by atoms with Crippen molar-refractivity contribution in [2.24, 2.45) is 5.73 Å². The first-order chi connectivity index (χ1) is 9.86. The second-order valence-corrected chi connectivity index (χ2v) is 5.48. The van der Waals surface area contributed by atoms with Crippen LogP contribution >= 0.6 is 0 Å². The molecule has 0 spiro atoms. The van der Waals surface area contributed by atoms with Gasteiger partial charge in [0.2, 0.25) is 0 Å². The lowest BCUT2D eigenvalue weighted by molar-refractivity contribution is -0.149. The summed E-state index contributed by atoms with van der Waals surface area (Å²) in [5.74, 6) is 0.454. The fourth-order valence-corrected chi connectivity index (χ4v) is 1.88. The molecule has 0 aliphatic carbocycles. The standard InChI is InChI=1S/C16H26N2O3/c1-5-20-15(19)16(2,17)10-7-11-21-14-9-6-8-13(12-14)18(3)4/h6,8-9,12H,5,7,10-11,17H2,1-4H3. The first-order valence-corrected chi connectivity index (χ1v) is 7.23. The van der Waals surface area contributed by atoms with Crippen LogP contribution in [0.2, 0.25) is 0 Å². The molecule has 1 unspecified atom stereocenters. The van der Waals surface area contributed by atoms with Gasteiger partial charge in [0, 0.05) is 25.8 Å². The lowest BCUT2D eigenvalue weighted by Gasteiger charge is -2.22. The molecule has 0 saturated carbocycles. The molecule has 0 saturated heterocycles. The van der Waals surface area contributed by atoms with Crippen LogP contribution in [0.3, 0.4) is 0 Å². The minimum atomic E-state index is -0.954. The lowest BCUT2D eigenvalue weighted by Crippen LogP contribution is -2.46. The number of nitrogens with two attached hydrogens (primary N) is 1. The zero-order valence-corrected chi connectivity index (χ0v) is 13.4. The van der Waals surface area contributed by atoms with Gasteiger partial charge in [0.1, 0.15) is 11.3 Å². The summed E-state index contributed by atoms with van der Waals surface area (Å²) in [6.07, 6.45) is 1.22. The van der Waals surface area contributed by atoms with Crippen molar-refractivity contribution in [1.29, 1.82) is 0 Å². The monoisotopic (exact) mass is 294 g/mol. The van der Waals surface area contributed by atoms with Crippen LogP contribution in [-0.4, -0.2) is 38.8 Å². The van der Waals surface area contributed by atoms with Gasteiger partial charge in [-0.15, -0.1) is 0 Å². The van der Waals surface area contributed by atoms with Crippen LogP contribution in [0.15, 0.2) is 24.3 Å². The van der Waals surface area contributed by atoms with E-state index in [1.54, 1.807) is 13.8 Å². The van der Waals surface area contributed by atoms with E-state index in [-0.39, 0.29) is 5.97 Å². The maximum atomic E-state index is 11.7. The summed E-state index contributed by atoms with van der Waals surface area (Å²) in [6, 6.07) is 7.87. The quantitative estimate of drug-likeness (QED) is 0.588. The van der Waals surface area contributed by atoms with E-state index in [0.29, 0.717) is 26.1 Å². The summed E-state index contributed by atoms with van der Waals surface area (Å²) in [6.45, 7) is 4.33. The van der Waals surface area contributed by atoms with E-state index < -0.39 is 5.54 Å². The summed E-state index contributed by atoms with van der Waals surface area (Å²) in [7, 11) is 3.97. The highest BCUT2D eigenvalue weighted by Gasteiger charge is 2.29. The van der Waals surface area contributed by atoms with Gasteiger partial charge in [-0.1, -0.05) is 6.07 Å². The topological polar surface area (TPSA) is 64.8 Å². The summed E-state index contributed by atoms with van der Waals surface area (Å²) >= 11 is 0. The molecule has 0 aliphatic heterocycles. The van der Waals surface area contributed by atoms with E-state index in [1.165, 1.54) is 0 Å². The van der Waals surface area contributed by atoms with Crippen molar-refractivity contribution in [2.75, 3.05) is 32.2 Å². The minimum absolute atomic E-state index is 0.347. The maximum absolute atomic E-state index is 11.7. The lowest BCUT2D eigenvalue weighted by atomic mass is 9.98. The molecule has 0 amide bonds. The Hall–Kier alpha value is -1.75. The summed E-state index contributed by atoms with van der Waals surface area (Å²) in [4.78, 5) is 13.7. The fraction of sp³-hybridized carbons (Fsp3) is 0.562. The SMILES string of the molecule is CCOC(=O)C(C)(N)CCCOc1cccc(N(C)C)c1. The van der Waals surface area contributed by atoms with Gasteiger partial charge >= 0.3 is 5.97 Å². The Bertz CT molecular complexity index is 459. The van der Waals surface area contributed by atoms with Gasteiger partial charge < -0.3 is 20.1 Å². The van der Waals surface area contributed by atoms with Crippen molar-refractivity contribution in [3.05, 3.63) is 24.3 Å². The molecular weight excluding hydrogens is 268 g/mol. The highest BCUT2D eigenvalue weighted by Crippen LogP contribution is 2.20. The van der Waals surface area contributed by atoms with E-state index in [4.69, 9.17) is 15.2 Å². The number of nitrogens with zero attached hydrogens (tertiary/aromatic N) is 1. The third kappa shape index (κ3) is 5.63. The number of anilines is 1. The number of hydrogen-bond donors (Lipinski definition) is 1. The molecule has 0 aliphatic rings. The molecule has 21 heavy (non-hydrogen) atoms. The molecule has 5 nitrogen and oxygen atoms in total. The highest BCUT2D eigenvalue weighted by atomic mass is 16.5. The Morgan fingerprint density at radius 3 is 2.71 bits per heavy atom. The molecule has 1 aromatic carbocycles. The van der Waals surface area contributed by atoms with Gasteiger partial charge in [0.25, 0.3) is 0 Å². The Balaban J connectivity index is 2.40. The third-order valence-corrected chi connectivity index (χ3v) is 3.18. The molecule has 2 N–H and O–H groups in total. The second-order valence-electron chi connectivity index (χ2n) is 5.48. The van der Waals surface area contributed by atoms with Crippen LogP contribution in [0.1, 0.15) is 26.7 Å². The van der Waals surface area contributed by atoms with Crippen molar-refractivity contribution in [1.82, 2.24) is 0 Å². The molecule has 118 valence electrons. The molecule has 0 aromatic heterocycles. The van der Waals surface area contributed by atoms with Crippen molar-refractivity contribution in [3.8, 4) is 5.75 Å². The third-order valence-electron chi connectivity index (χ3n) is 3.18. The van der Waals surface area contributed by atoms with E-state index in [2.05, 4.69) is 0 Å². The van der Waals surface area contributed by atoms with E-state index in [1.807, 2.05) is 43.3 Å². The largest absolute Gasteiger partial charge is 0.494 e. The van der Waals surface area contributed by atoms with Crippen LogP contribution in [0.4, 0.5) is 5.69 Å². The van der Waals surface area contributed by atoms with E-state index in [9.17, 15) is 4.79 Å². The number of ether oxygens (including phenoxy) is 2. The van der Waals surface area contributed by atoms with Gasteiger partial charge in [-0.2, -0.15) is 0 Å². The highest BCUT2D eigenvalue weighted by molar-refractivity contribution is 5.79. The zero-order valence-electron chi connectivity index (χ0n) is 13.4. The Kier molecular flexibility index (Phi) is 6.49. The predicted molar refractivity (Wildman–Crippen MR) is 84.7 cm³/mol. The number of carbonyl (C=O) groups excluding carboxylic acids is 1. The smallest absolute Gasteiger partial charge is 0.325 e. The second kappa shape index (κ2) is 7.88. The predicted octanol–water partition coefficient (Wildman–Crippen LogP) is 2.19. The molecule has 5 heteroatoms. The van der Waals surface area contributed by atoms with Gasteiger partial charge in [0.15, 0.2) is 0 Å². The normalized spacial score (nSPS) is 13.4. The Morgan fingerprint density at radius 1 is 1.38 bits per heavy atom. The van der Waals surface area contributed by atoms with Crippen LogP contribution < -0.4 is 15.4 Å². The number of carbonyl (C=O) groups is 1. The van der Waals surface area contributed by atoms with Crippen molar-refractivity contribution < 1.29 is 14.3 Å². The van der Waals surface area contributed by atoms with E-state index >= 15 is 0 Å². The van der Waals surface area contributed by atoms with Crippen LogP contribution in [-0.2, 0) is 9.53 Å². The number of rotatable bonds is 8. The van der Waals surface area contributed by atoms with Gasteiger partial charge in [-0.25, -0.2) is 0 Å².